The predicted octanol–water partition coefficient (Wildman–Crippen LogP) is 4.50. The van der Waals surface area contributed by atoms with Crippen molar-refractivity contribution in [3.63, 3.8) is 0 Å². The summed E-state index contributed by atoms with van der Waals surface area (Å²) in [6.07, 6.45) is 2.78. The molecule has 0 aromatic heterocycles. The normalized spacial score (nSPS) is 16.5. The molecule has 2 aromatic carbocycles. The van der Waals surface area contributed by atoms with Crippen molar-refractivity contribution in [2.45, 2.75) is 32.5 Å². The van der Waals surface area contributed by atoms with Crippen molar-refractivity contribution in [3.8, 4) is 0 Å². The maximum atomic E-state index is 12.9. The highest BCUT2D eigenvalue weighted by Gasteiger charge is 2.38. The monoisotopic (exact) mass is 399 g/mol. The Bertz CT molecular complexity index is 875. The summed E-state index contributed by atoms with van der Waals surface area (Å²) in [4.78, 5) is 26.4. The molecule has 5 nitrogen and oxygen atoms in total. The third-order valence-electron chi connectivity index (χ3n) is 4.24. The molecule has 3 rings (SSSR count). The van der Waals surface area contributed by atoms with Crippen molar-refractivity contribution in [3.05, 3.63) is 77.0 Å². The number of nitrogens with zero attached hydrogens (tertiary/aromatic N) is 1. The lowest BCUT2D eigenvalue weighted by molar-refractivity contribution is -0.159. The van der Waals surface area contributed by atoms with Crippen LogP contribution in [0.25, 0.3) is 0 Å². The van der Waals surface area contributed by atoms with Crippen LogP contribution in [0.15, 0.2) is 66.4 Å². The van der Waals surface area contributed by atoms with Crippen molar-refractivity contribution in [1.82, 2.24) is 0 Å². The van der Waals surface area contributed by atoms with Gasteiger partial charge >= 0.3 is 5.97 Å². The van der Waals surface area contributed by atoms with E-state index in [1.54, 1.807) is 43.0 Å². The Morgan fingerprint density at radius 3 is 2.36 bits per heavy atom. The average Bonchev–Trinajstić information content (AvgIpc) is 2.92. The number of cyclic esters (lactones) is 1. The molecule has 1 amide bonds. The summed E-state index contributed by atoms with van der Waals surface area (Å²) < 4.78 is 10.5. The van der Waals surface area contributed by atoms with Gasteiger partial charge in [0.25, 0.3) is 5.91 Å². The molecule has 1 aliphatic rings. The third kappa shape index (κ3) is 5.14. The van der Waals surface area contributed by atoms with Crippen LogP contribution in [0.2, 0.25) is 5.02 Å². The standard InChI is InChI=1S/C22H22ClNO4/c1-22(2)27-19(21(26)28-22)15-20(25)24(18-12-10-17(23)11-13-18)14-6-9-16-7-4-3-5-8-16/h3-5,7-8,10-13,15H,6,9,14H2,1-2H3. The Hall–Kier alpha value is -2.79. The van der Waals surface area contributed by atoms with Crippen LogP contribution in [0.3, 0.4) is 0 Å². The number of halogens is 1. The summed E-state index contributed by atoms with van der Waals surface area (Å²) in [5, 5.41) is 0.586. The summed E-state index contributed by atoms with van der Waals surface area (Å²) in [5.41, 5.74) is 1.90. The third-order valence-corrected chi connectivity index (χ3v) is 4.50. The number of hydrogen-bond acceptors (Lipinski definition) is 4. The number of carbonyl (C=O) groups is 2. The number of carbonyl (C=O) groups excluding carboxylic acids is 2. The first-order valence-electron chi connectivity index (χ1n) is 9.09. The van der Waals surface area contributed by atoms with E-state index in [1.807, 2.05) is 18.2 Å². The highest BCUT2D eigenvalue weighted by atomic mass is 35.5. The molecule has 0 atom stereocenters. The molecule has 1 aliphatic heterocycles. The number of rotatable bonds is 6. The number of anilines is 1. The van der Waals surface area contributed by atoms with E-state index in [1.165, 1.54) is 11.6 Å². The molecule has 0 N–H and O–H groups in total. The molecule has 0 aliphatic carbocycles. The molecule has 0 bridgehead atoms. The molecule has 1 saturated heterocycles. The Morgan fingerprint density at radius 1 is 1.07 bits per heavy atom. The molecule has 2 aromatic rings. The molecular formula is C22H22ClNO4. The Morgan fingerprint density at radius 2 is 1.75 bits per heavy atom. The summed E-state index contributed by atoms with van der Waals surface area (Å²) in [7, 11) is 0. The largest absolute Gasteiger partial charge is 0.445 e. The maximum absolute atomic E-state index is 12.9. The van der Waals surface area contributed by atoms with Gasteiger partial charge in [0.05, 0.1) is 6.08 Å². The van der Waals surface area contributed by atoms with E-state index in [0.717, 1.165) is 12.8 Å². The zero-order chi connectivity index (χ0) is 20.1. The van der Waals surface area contributed by atoms with Gasteiger partial charge in [-0.25, -0.2) is 4.79 Å². The van der Waals surface area contributed by atoms with Gasteiger partial charge in [0, 0.05) is 31.1 Å². The van der Waals surface area contributed by atoms with E-state index in [2.05, 4.69) is 12.1 Å². The molecule has 6 heteroatoms. The number of benzene rings is 2. The number of ether oxygens (including phenoxy) is 2. The number of aryl methyl sites for hydroxylation is 1. The highest BCUT2D eigenvalue weighted by molar-refractivity contribution is 6.30. The fraction of sp³-hybridized carbons (Fsp3) is 0.273. The van der Waals surface area contributed by atoms with Gasteiger partial charge in [0.2, 0.25) is 11.5 Å². The van der Waals surface area contributed by atoms with Crippen LogP contribution in [0.4, 0.5) is 5.69 Å². The fourth-order valence-electron chi connectivity index (χ4n) is 2.95. The van der Waals surface area contributed by atoms with Crippen molar-refractivity contribution in [1.29, 1.82) is 0 Å². The van der Waals surface area contributed by atoms with Crippen LogP contribution < -0.4 is 4.90 Å². The first-order chi connectivity index (χ1) is 13.3. The fourth-order valence-corrected chi connectivity index (χ4v) is 3.08. The zero-order valence-electron chi connectivity index (χ0n) is 15.9. The molecule has 28 heavy (non-hydrogen) atoms. The Balaban J connectivity index is 1.76. The van der Waals surface area contributed by atoms with Crippen molar-refractivity contribution >= 4 is 29.2 Å². The van der Waals surface area contributed by atoms with E-state index in [-0.39, 0.29) is 11.7 Å². The summed E-state index contributed by atoms with van der Waals surface area (Å²) in [6, 6.07) is 17.1. The van der Waals surface area contributed by atoms with Gasteiger partial charge < -0.3 is 14.4 Å². The molecule has 0 saturated carbocycles. The molecule has 0 unspecified atom stereocenters. The van der Waals surface area contributed by atoms with Gasteiger partial charge in [-0.3, -0.25) is 4.79 Å². The van der Waals surface area contributed by atoms with E-state index in [4.69, 9.17) is 21.1 Å². The molecule has 1 fully saturated rings. The van der Waals surface area contributed by atoms with E-state index >= 15 is 0 Å². The van der Waals surface area contributed by atoms with Crippen LogP contribution in [-0.2, 0) is 25.5 Å². The summed E-state index contributed by atoms with van der Waals surface area (Å²) in [5.74, 6) is -2.14. The lowest BCUT2D eigenvalue weighted by atomic mass is 10.1. The number of esters is 1. The lowest BCUT2D eigenvalue weighted by Gasteiger charge is -2.22. The van der Waals surface area contributed by atoms with Gasteiger partial charge in [-0.15, -0.1) is 0 Å². The number of hydrogen-bond donors (Lipinski definition) is 0. The minimum Gasteiger partial charge on any atom is -0.445 e. The quantitative estimate of drug-likeness (QED) is 0.530. The van der Waals surface area contributed by atoms with Crippen LogP contribution >= 0.6 is 11.6 Å². The van der Waals surface area contributed by atoms with E-state index in [0.29, 0.717) is 17.3 Å². The van der Waals surface area contributed by atoms with Crippen LogP contribution in [0, 0.1) is 0 Å². The molecule has 0 radical (unpaired) electrons. The van der Waals surface area contributed by atoms with Gasteiger partial charge in [-0.1, -0.05) is 41.9 Å². The van der Waals surface area contributed by atoms with Crippen molar-refractivity contribution < 1.29 is 19.1 Å². The second-order valence-corrected chi connectivity index (χ2v) is 7.39. The Kier molecular flexibility index (Phi) is 6.05. The Labute approximate surface area is 169 Å². The highest BCUT2D eigenvalue weighted by Crippen LogP contribution is 2.27. The first-order valence-corrected chi connectivity index (χ1v) is 9.47. The van der Waals surface area contributed by atoms with Gasteiger partial charge in [-0.05, 0) is 42.7 Å². The smallest absolute Gasteiger partial charge is 0.377 e. The van der Waals surface area contributed by atoms with E-state index in [9.17, 15) is 9.59 Å². The predicted molar refractivity (Wildman–Crippen MR) is 108 cm³/mol. The maximum Gasteiger partial charge on any atom is 0.377 e. The summed E-state index contributed by atoms with van der Waals surface area (Å²) >= 11 is 5.97. The van der Waals surface area contributed by atoms with Crippen LogP contribution in [0.5, 0.6) is 0 Å². The molecule has 0 spiro atoms. The zero-order valence-corrected chi connectivity index (χ0v) is 16.6. The van der Waals surface area contributed by atoms with Crippen LogP contribution in [-0.4, -0.2) is 24.2 Å². The molecule has 146 valence electrons. The number of amides is 1. The topological polar surface area (TPSA) is 55.8 Å². The SMILES string of the molecule is CC1(C)OC(=O)C(=CC(=O)N(CCCc2ccccc2)c2ccc(Cl)cc2)O1. The minimum atomic E-state index is -1.07. The second kappa shape index (κ2) is 8.48. The van der Waals surface area contributed by atoms with Crippen molar-refractivity contribution in [2.75, 3.05) is 11.4 Å². The van der Waals surface area contributed by atoms with E-state index < -0.39 is 11.8 Å². The lowest BCUT2D eigenvalue weighted by Crippen LogP contribution is -2.31. The molecule has 1 heterocycles. The summed E-state index contributed by atoms with van der Waals surface area (Å²) in [6.45, 7) is 3.72. The second-order valence-electron chi connectivity index (χ2n) is 6.96. The van der Waals surface area contributed by atoms with Crippen LogP contribution in [0.1, 0.15) is 25.8 Å². The van der Waals surface area contributed by atoms with Gasteiger partial charge in [0.15, 0.2) is 0 Å². The molecular weight excluding hydrogens is 378 g/mol. The van der Waals surface area contributed by atoms with Crippen molar-refractivity contribution in [2.24, 2.45) is 0 Å². The first kappa shape index (κ1) is 20.0. The average molecular weight is 400 g/mol. The van der Waals surface area contributed by atoms with Gasteiger partial charge in [0.1, 0.15) is 0 Å². The minimum absolute atomic E-state index is 0.0861. The van der Waals surface area contributed by atoms with Gasteiger partial charge in [-0.2, -0.15) is 0 Å².